The van der Waals surface area contributed by atoms with Gasteiger partial charge in [0.1, 0.15) is 6.54 Å². The summed E-state index contributed by atoms with van der Waals surface area (Å²) in [5.74, 6) is 0.176. The number of aryl methyl sites for hydroxylation is 1. The zero-order valence-electron chi connectivity index (χ0n) is 13.2. The van der Waals surface area contributed by atoms with Gasteiger partial charge in [-0.25, -0.2) is 4.57 Å². The number of aromatic nitrogens is 1. The van der Waals surface area contributed by atoms with Crippen molar-refractivity contribution in [2.75, 3.05) is 26.2 Å². The Balaban J connectivity index is 0.00000400. The fraction of sp³-hybridized carbons (Fsp3) is 0.625. The normalized spacial score (nSPS) is 10.2. The summed E-state index contributed by atoms with van der Waals surface area (Å²) in [5.41, 5.74) is 0. The lowest BCUT2D eigenvalue weighted by Gasteiger charge is -2.17. The molecule has 0 fully saturated rings. The molecule has 1 rings (SSSR count). The van der Waals surface area contributed by atoms with Gasteiger partial charge in [0.25, 0.3) is 0 Å². The molecule has 0 unspecified atom stereocenters. The van der Waals surface area contributed by atoms with Crippen LogP contribution in [0.2, 0.25) is 0 Å². The SMILES string of the molecule is CCN(CC)CCNC(=O)CCCC[n+]1ccccc1.[Br-]. The van der Waals surface area contributed by atoms with Crippen LogP contribution in [0.3, 0.4) is 0 Å². The highest BCUT2D eigenvalue weighted by Gasteiger charge is 2.04. The smallest absolute Gasteiger partial charge is 0.220 e. The first kappa shape index (κ1) is 20.1. The summed E-state index contributed by atoms with van der Waals surface area (Å²) in [7, 11) is 0. The number of halogens is 1. The molecule has 1 aromatic rings. The van der Waals surface area contributed by atoms with E-state index in [0.717, 1.165) is 45.6 Å². The lowest BCUT2D eigenvalue weighted by Crippen LogP contribution is -3.00. The molecule has 120 valence electrons. The van der Waals surface area contributed by atoms with Crippen molar-refractivity contribution < 1.29 is 26.3 Å². The van der Waals surface area contributed by atoms with Crippen LogP contribution >= 0.6 is 0 Å². The number of pyridine rings is 1. The van der Waals surface area contributed by atoms with Gasteiger partial charge in [-0.2, -0.15) is 0 Å². The average molecular weight is 358 g/mol. The molecule has 5 heteroatoms. The second-order valence-corrected chi connectivity index (χ2v) is 4.95. The molecule has 0 spiro atoms. The van der Waals surface area contributed by atoms with E-state index in [9.17, 15) is 4.79 Å². The molecule has 1 N–H and O–H groups in total. The zero-order valence-corrected chi connectivity index (χ0v) is 14.8. The van der Waals surface area contributed by atoms with Crippen LogP contribution in [0.5, 0.6) is 0 Å². The van der Waals surface area contributed by atoms with Gasteiger partial charge in [-0.05, 0) is 19.5 Å². The Morgan fingerprint density at radius 1 is 1.10 bits per heavy atom. The molecule has 0 saturated carbocycles. The number of amides is 1. The van der Waals surface area contributed by atoms with Crippen LogP contribution in [0.25, 0.3) is 0 Å². The molecule has 0 aliphatic rings. The Bertz CT molecular complexity index is 369. The average Bonchev–Trinajstić information content (AvgIpc) is 2.49. The topological polar surface area (TPSA) is 36.2 Å². The van der Waals surface area contributed by atoms with Crippen molar-refractivity contribution in [1.29, 1.82) is 0 Å². The molecule has 1 aromatic heterocycles. The van der Waals surface area contributed by atoms with E-state index in [0.29, 0.717) is 6.42 Å². The van der Waals surface area contributed by atoms with Crippen LogP contribution in [0, 0.1) is 0 Å². The minimum absolute atomic E-state index is 0. The quantitative estimate of drug-likeness (QED) is 0.413. The Hall–Kier alpha value is -0.940. The number of rotatable bonds is 10. The third-order valence-electron chi connectivity index (χ3n) is 3.49. The third-order valence-corrected chi connectivity index (χ3v) is 3.49. The molecule has 0 radical (unpaired) electrons. The van der Waals surface area contributed by atoms with E-state index in [1.165, 1.54) is 0 Å². The van der Waals surface area contributed by atoms with Gasteiger partial charge < -0.3 is 27.2 Å². The van der Waals surface area contributed by atoms with E-state index in [1.54, 1.807) is 0 Å². The molecule has 0 atom stereocenters. The molecule has 21 heavy (non-hydrogen) atoms. The van der Waals surface area contributed by atoms with Gasteiger partial charge in [-0.15, -0.1) is 0 Å². The molecule has 0 aliphatic carbocycles. The highest BCUT2D eigenvalue weighted by molar-refractivity contribution is 5.75. The number of hydrogen-bond donors (Lipinski definition) is 1. The van der Waals surface area contributed by atoms with Crippen molar-refractivity contribution in [3.8, 4) is 0 Å². The van der Waals surface area contributed by atoms with Crippen LogP contribution in [0.15, 0.2) is 30.6 Å². The standard InChI is InChI=1S/C16H27N3O.BrH/c1-3-18(4-2)15-11-17-16(20)10-6-9-14-19-12-7-5-8-13-19;/h5,7-8,12-13H,3-4,6,9-11,14-15H2,1-2H3;1H. The number of nitrogens with one attached hydrogen (secondary N) is 1. The molecule has 0 aromatic carbocycles. The summed E-state index contributed by atoms with van der Waals surface area (Å²) in [5, 5.41) is 2.99. The number of unbranched alkanes of at least 4 members (excludes halogenated alkanes) is 1. The Morgan fingerprint density at radius 2 is 1.76 bits per heavy atom. The largest absolute Gasteiger partial charge is 1.00 e. The highest BCUT2D eigenvalue weighted by atomic mass is 79.9. The molecule has 4 nitrogen and oxygen atoms in total. The summed E-state index contributed by atoms with van der Waals surface area (Å²) in [6.45, 7) is 9.06. The first-order valence-corrected chi connectivity index (χ1v) is 7.69. The summed E-state index contributed by atoms with van der Waals surface area (Å²) in [6.07, 6.45) is 6.73. The van der Waals surface area contributed by atoms with Crippen molar-refractivity contribution in [3.05, 3.63) is 30.6 Å². The highest BCUT2D eigenvalue weighted by Crippen LogP contribution is 1.95. The molecule has 1 amide bonds. The monoisotopic (exact) mass is 357 g/mol. The number of nitrogens with zero attached hydrogens (tertiary/aromatic N) is 2. The molecule has 0 saturated heterocycles. The predicted molar refractivity (Wildman–Crippen MR) is 81.3 cm³/mol. The lowest BCUT2D eigenvalue weighted by molar-refractivity contribution is -0.697. The molecule has 0 bridgehead atoms. The fourth-order valence-corrected chi connectivity index (χ4v) is 2.14. The van der Waals surface area contributed by atoms with E-state index in [-0.39, 0.29) is 22.9 Å². The maximum Gasteiger partial charge on any atom is 0.220 e. The molecule has 0 aliphatic heterocycles. The van der Waals surface area contributed by atoms with Crippen molar-refractivity contribution in [1.82, 2.24) is 10.2 Å². The van der Waals surface area contributed by atoms with Gasteiger partial charge in [-0.1, -0.05) is 19.9 Å². The molecular weight excluding hydrogens is 330 g/mol. The van der Waals surface area contributed by atoms with Crippen LogP contribution in [-0.4, -0.2) is 37.0 Å². The van der Waals surface area contributed by atoms with Crippen molar-refractivity contribution in [2.45, 2.75) is 39.7 Å². The first-order valence-electron chi connectivity index (χ1n) is 7.69. The van der Waals surface area contributed by atoms with Crippen LogP contribution < -0.4 is 26.9 Å². The van der Waals surface area contributed by atoms with Gasteiger partial charge in [0.2, 0.25) is 5.91 Å². The summed E-state index contributed by atoms with van der Waals surface area (Å²) < 4.78 is 2.15. The van der Waals surface area contributed by atoms with Crippen molar-refractivity contribution in [3.63, 3.8) is 0 Å². The number of carbonyl (C=O) groups is 1. The molecular formula is C16H28BrN3O. The summed E-state index contributed by atoms with van der Waals surface area (Å²) in [4.78, 5) is 14.0. The minimum Gasteiger partial charge on any atom is -1.00 e. The minimum atomic E-state index is 0. The number of hydrogen-bond acceptors (Lipinski definition) is 2. The zero-order chi connectivity index (χ0) is 14.6. The fourth-order valence-electron chi connectivity index (χ4n) is 2.14. The predicted octanol–water partition coefficient (Wildman–Crippen LogP) is -1.39. The van der Waals surface area contributed by atoms with Crippen LogP contribution in [0.4, 0.5) is 0 Å². The Morgan fingerprint density at radius 3 is 2.38 bits per heavy atom. The molecule has 1 heterocycles. The third kappa shape index (κ3) is 9.58. The Labute approximate surface area is 139 Å². The van der Waals surface area contributed by atoms with Crippen LogP contribution in [0.1, 0.15) is 33.1 Å². The van der Waals surface area contributed by atoms with E-state index in [4.69, 9.17) is 0 Å². The lowest BCUT2D eigenvalue weighted by atomic mass is 10.2. The van der Waals surface area contributed by atoms with E-state index in [2.05, 4.69) is 41.0 Å². The van der Waals surface area contributed by atoms with Gasteiger partial charge in [0, 0.05) is 38.1 Å². The van der Waals surface area contributed by atoms with Crippen molar-refractivity contribution in [2.24, 2.45) is 0 Å². The number of carbonyl (C=O) groups excluding carboxylic acids is 1. The van der Waals surface area contributed by atoms with E-state index >= 15 is 0 Å². The number of likely N-dealkylation sites (N-methyl/N-ethyl adjacent to an activating group) is 1. The maximum absolute atomic E-state index is 11.7. The Kier molecular flexibility index (Phi) is 12.2. The second kappa shape index (κ2) is 12.8. The van der Waals surface area contributed by atoms with Crippen molar-refractivity contribution >= 4 is 5.91 Å². The van der Waals surface area contributed by atoms with Crippen LogP contribution in [-0.2, 0) is 11.3 Å². The summed E-state index contributed by atoms with van der Waals surface area (Å²) in [6, 6.07) is 6.07. The summed E-state index contributed by atoms with van der Waals surface area (Å²) >= 11 is 0. The second-order valence-electron chi connectivity index (χ2n) is 4.95. The maximum atomic E-state index is 11.7. The first-order chi connectivity index (χ1) is 9.76. The van der Waals surface area contributed by atoms with E-state index in [1.807, 2.05) is 18.2 Å². The van der Waals surface area contributed by atoms with Gasteiger partial charge in [0.15, 0.2) is 12.4 Å². The van der Waals surface area contributed by atoms with Gasteiger partial charge in [-0.3, -0.25) is 4.79 Å². The van der Waals surface area contributed by atoms with E-state index < -0.39 is 0 Å². The van der Waals surface area contributed by atoms with Gasteiger partial charge in [0.05, 0.1) is 0 Å². The van der Waals surface area contributed by atoms with Gasteiger partial charge >= 0.3 is 0 Å².